The molecule has 1 heterocycles. The zero-order valence-corrected chi connectivity index (χ0v) is 16.0. The van der Waals surface area contributed by atoms with Crippen molar-refractivity contribution in [3.05, 3.63) is 90.5 Å². The first kappa shape index (κ1) is 18.7. The number of benzene rings is 3. The number of ether oxygens (including phenoxy) is 1. The van der Waals surface area contributed by atoms with E-state index in [-0.39, 0.29) is 24.2 Å². The van der Waals surface area contributed by atoms with Gasteiger partial charge >= 0.3 is 0 Å². The molecule has 0 bridgehead atoms. The predicted molar refractivity (Wildman–Crippen MR) is 113 cm³/mol. The summed E-state index contributed by atoms with van der Waals surface area (Å²) in [4.78, 5) is 26.6. The van der Waals surface area contributed by atoms with E-state index in [4.69, 9.17) is 4.74 Å². The Bertz CT molecular complexity index is 972. The maximum Gasteiger partial charge on any atom is 0.229 e. The van der Waals surface area contributed by atoms with Gasteiger partial charge in [-0.05, 0) is 42.0 Å². The first-order valence-corrected chi connectivity index (χ1v) is 9.62. The van der Waals surface area contributed by atoms with E-state index in [1.807, 2.05) is 84.9 Å². The minimum Gasteiger partial charge on any atom is -0.489 e. The molecule has 29 heavy (non-hydrogen) atoms. The average molecular weight is 386 g/mol. The van der Waals surface area contributed by atoms with Crippen LogP contribution in [0.4, 0.5) is 11.4 Å². The monoisotopic (exact) mass is 386 g/mol. The van der Waals surface area contributed by atoms with Crippen molar-refractivity contribution >= 4 is 23.2 Å². The minimum atomic E-state index is -0.364. The minimum absolute atomic E-state index is 0.0452. The number of nitrogens with zero attached hydrogens (tertiary/aromatic N) is 1. The zero-order valence-electron chi connectivity index (χ0n) is 16.0. The average Bonchev–Trinajstić information content (AvgIpc) is 3.16. The Morgan fingerprint density at radius 2 is 1.59 bits per heavy atom. The predicted octanol–water partition coefficient (Wildman–Crippen LogP) is 4.26. The molecule has 2 amide bonds. The number of carbonyl (C=O) groups excluding carboxylic acids is 2. The smallest absolute Gasteiger partial charge is 0.229 e. The first-order chi connectivity index (χ1) is 14.2. The lowest BCUT2D eigenvalue weighted by atomic mass is 10.1. The summed E-state index contributed by atoms with van der Waals surface area (Å²) in [6.45, 7) is 0.867. The van der Waals surface area contributed by atoms with Gasteiger partial charge in [-0.25, -0.2) is 0 Å². The van der Waals surface area contributed by atoms with Gasteiger partial charge in [-0.3, -0.25) is 9.59 Å². The highest BCUT2D eigenvalue weighted by Crippen LogP contribution is 2.28. The van der Waals surface area contributed by atoms with Crippen molar-refractivity contribution in [3.8, 4) is 5.75 Å². The van der Waals surface area contributed by atoms with Crippen LogP contribution in [-0.2, 0) is 16.2 Å². The first-order valence-electron chi connectivity index (χ1n) is 9.62. The molecule has 5 heteroatoms. The quantitative estimate of drug-likeness (QED) is 0.689. The van der Waals surface area contributed by atoms with Crippen molar-refractivity contribution in [3.63, 3.8) is 0 Å². The molecule has 1 aliphatic rings. The third kappa shape index (κ3) is 4.63. The molecule has 0 aliphatic carbocycles. The molecular formula is C24H22N2O3. The van der Waals surface area contributed by atoms with Crippen LogP contribution >= 0.6 is 0 Å². The van der Waals surface area contributed by atoms with Gasteiger partial charge in [0.2, 0.25) is 11.8 Å². The van der Waals surface area contributed by atoms with Gasteiger partial charge in [0.05, 0.1) is 5.92 Å². The fraction of sp³-hybridized carbons (Fsp3) is 0.167. The van der Waals surface area contributed by atoms with Crippen molar-refractivity contribution in [1.82, 2.24) is 0 Å². The second-order valence-electron chi connectivity index (χ2n) is 7.03. The molecule has 1 N–H and O–H groups in total. The SMILES string of the molecule is O=C(Nc1ccccc1)[C@H]1CC(=O)N(c2ccc(OCc3ccccc3)cc2)C1. The van der Waals surface area contributed by atoms with Gasteiger partial charge in [0, 0.05) is 24.3 Å². The van der Waals surface area contributed by atoms with Crippen molar-refractivity contribution < 1.29 is 14.3 Å². The van der Waals surface area contributed by atoms with E-state index in [2.05, 4.69) is 5.32 Å². The Labute approximate surface area is 169 Å². The highest BCUT2D eigenvalue weighted by Gasteiger charge is 2.35. The Morgan fingerprint density at radius 3 is 2.28 bits per heavy atom. The molecule has 3 aromatic carbocycles. The fourth-order valence-electron chi connectivity index (χ4n) is 3.36. The Hall–Kier alpha value is -3.60. The third-order valence-corrected chi connectivity index (χ3v) is 4.93. The third-order valence-electron chi connectivity index (χ3n) is 4.93. The number of hydrogen-bond acceptors (Lipinski definition) is 3. The molecule has 4 rings (SSSR count). The summed E-state index contributed by atoms with van der Waals surface area (Å²) in [5.74, 6) is 0.199. The molecule has 0 spiro atoms. The largest absolute Gasteiger partial charge is 0.489 e. The number of carbonyl (C=O) groups is 2. The molecule has 0 radical (unpaired) electrons. The van der Waals surface area contributed by atoms with E-state index in [9.17, 15) is 9.59 Å². The van der Waals surface area contributed by atoms with Gasteiger partial charge in [0.1, 0.15) is 12.4 Å². The second kappa shape index (κ2) is 8.61. The van der Waals surface area contributed by atoms with Gasteiger partial charge in [-0.15, -0.1) is 0 Å². The summed E-state index contributed by atoms with van der Waals surface area (Å²) in [5.41, 5.74) is 2.61. The van der Waals surface area contributed by atoms with E-state index in [1.54, 1.807) is 4.90 Å². The van der Waals surface area contributed by atoms with Crippen LogP contribution in [0.5, 0.6) is 5.75 Å². The van der Waals surface area contributed by atoms with Crippen LogP contribution in [0.1, 0.15) is 12.0 Å². The van der Waals surface area contributed by atoms with Gasteiger partial charge < -0.3 is 15.0 Å². The summed E-state index contributed by atoms with van der Waals surface area (Å²) in [7, 11) is 0. The summed E-state index contributed by atoms with van der Waals surface area (Å²) in [6, 6.07) is 26.7. The molecule has 3 aromatic rings. The lowest BCUT2D eigenvalue weighted by Gasteiger charge is -2.17. The number of amides is 2. The van der Waals surface area contributed by atoms with E-state index in [0.717, 1.165) is 22.7 Å². The molecule has 1 fully saturated rings. The van der Waals surface area contributed by atoms with Crippen LogP contribution < -0.4 is 15.0 Å². The molecule has 1 aliphatic heterocycles. The molecule has 0 aromatic heterocycles. The molecular weight excluding hydrogens is 364 g/mol. The number of rotatable bonds is 6. The van der Waals surface area contributed by atoms with E-state index < -0.39 is 0 Å². The number of hydrogen-bond donors (Lipinski definition) is 1. The normalized spacial score (nSPS) is 15.9. The Balaban J connectivity index is 1.36. The zero-order chi connectivity index (χ0) is 20.1. The van der Waals surface area contributed by atoms with E-state index in [1.165, 1.54) is 0 Å². The molecule has 0 unspecified atom stereocenters. The van der Waals surface area contributed by atoms with Crippen LogP contribution in [-0.4, -0.2) is 18.4 Å². The van der Waals surface area contributed by atoms with E-state index >= 15 is 0 Å². The summed E-state index contributed by atoms with van der Waals surface area (Å²) >= 11 is 0. The summed E-state index contributed by atoms with van der Waals surface area (Å²) in [5, 5.41) is 2.88. The molecule has 146 valence electrons. The van der Waals surface area contributed by atoms with Crippen LogP contribution in [0.25, 0.3) is 0 Å². The second-order valence-corrected chi connectivity index (χ2v) is 7.03. The highest BCUT2D eigenvalue weighted by atomic mass is 16.5. The Kier molecular flexibility index (Phi) is 5.56. The number of anilines is 2. The number of para-hydroxylation sites is 1. The van der Waals surface area contributed by atoms with Gasteiger partial charge in [-0.1, -0.05) is 48.5 Å². The maximum atomic E-state index is 12.5. The molecule has 5 nitrogen and oxygen atoms in total. The van der Waals surface area contributed by atoms with Crippen LogP contribution in [0.15, 0.2) is 84.9 Å². The van der Waals surface area contributed by atoms with Gasteiger partial charge in [0.15, 0.2) is 0 Å². The topological polar surface area (TPSA) is 58.6 Å². The lowest BCUT2D eigenvalue weighted by molar-refractivity contribution is -0.122. The van der Waals surface area contributed by atoms with Crippen LogP contribution in [0.2, 0.25) is 0 Å². The van der Waals surface area contributed by atoms with Crippen LogP contribution in [0.3, 0.4) is 0 Å². The van der Waals surface area contributed by atoms with Crippen molar-refractivity contribution in [1.29, 1.82) is 0 Å². The summed E-state index contributed by atoms with van der Waals surface area (Å²) < 4.78 is 5.79. The van der Waals surface area contributed by atoms with Crippen molar-refractivity contribution in [2.45, 2.75) is 13.0 Å². The van der Waals surface area contributed by atoms with Crippen molar-refractivity contribution in [2.75, 3.05) is 16.8 Å². The Morgan fingerprint density at radius 1 is 0.931 bits per heavy atom. The standard InChI is InChI=1S/C24H22N2O3/c27-23-15-19(24(28)25-20-9-5-2-6-10-20)16-26(23)21-11-13-22(14-12-21)29-17-18-7-3-1-4-8-18/h1-14,19H,15-17H2,(H,25,28)/t19-/m0/s1. The van der Waals surface area contributed by atoms with Gasteiger partial charge in [0.25, 0.3) is 0 Å². The van der Waals surface area contributed by atoms with Gasteiger partial charge in [-0.2, -0.15) is 0 Å². The number of nitrogens with one attached hydrogen (secondary N) is 1. The lowest BCUT2D eigenvalue weighted by Crippen LogP contribution is -2.28. The molecule has 1 saturated heterocycles. The highest BCUT2D eigenvalue weighted by molar-refractivity contribution is 6.03. The van der Waals surface area contributed by atoms with E-state index in [0.29, 0.717) is 13.2 Å². The maximum absolute atomic E-state index is 12.5. The molecule has 1 atom stereocenters. The summed E-state index contributed by atoms with van der Waals surface area (Å²) in [6.07, 6.45) is 0.213. The van der Waals surface area contributed by atoms with Crippen molar-refractivity contribution in [2.24, 2.45) is 5.92 Å². The molecule has 0 saturated carbocycles. The fourth-order valence-corrected chi connectivity index (χ4v) is 3.36. The van der Waals surface area contributed by atoms with Crippen LogP contribution in [0, 0.1) is 5.92 Å².